The van der Waals surface area contributed by atoms with E-state index in [1.165, 1.54) is 0 Å². The maximum atomic E-state index is 11.9. The van der Waals surface area contributed by atoms with Gasteiger partial charge in [-0.25, -0.2) is 0 Å². The van der Waals surface area contributed by atoms with Gasteiger partial charge in [0.25, 0.3) is 5.91 Å². The molecule has 0 unspecified atom stereocenters. The highest BCUT2D eigenvalue weighted by Crippen LogP contribution is 2.15. The third kappa shape index (κ3) is 2.08. The molecule has 1 aromatic rings. The summed E-state index contributed by atoms with van der Waals surface area (Å²) in [7, 11) is 1.67. The van der Waals surface area contributed by atoms with Gasteiger partial charge < -0.3 is 15.4 Å². The molecule has 1 heterocycles. The van der Waals surface area contributed by atoms with Gasteiger partial charge in [-0.1, -0.05) is 12.1 Å². The highest BCUT2D eigenvalue weighted by Gasteiger charge is 2.30. The summed E-state index contributed by atoms with van der Waals surface area (Å²) in [6, 6.07) is 7.43. The number of methoxy groups -OCH3 is 1. The lowest BCUT2D eigenvalue weighted by Crippen LogP contribution is -2.54. The second-order valence-corrected chi connectivity index (χ2v) is 3.97. The Kier molecular flexibility index (Phi) is 3.22. The Labute approximate surface area is 95.0 Å². The number of rotatable bonds is 3. The minimum atomic E-state index is 0.0665. The van der Waals surface area contributed by atoms with Crippen LogP contribution >= 0.6 is 0 Å². The molecule has 86 valence electrons. The molecule has 1 aliphatic heterocycles. The maximum Gasteiger partial charge on any atom is 0.254 e. The Morgan fingerprint density at radius 3 is 2.56 bits per heavy atom. The molecule has 0 radical (unpaired) electrons. The Morgan fingerprint density at radius 1 is 1.44 bits per heavy atom. The lowest BCUT2D eigenvalue weighted by Gasteiger charge is -2.38. The summed E-state index contributed by atoms with van der Waals surface area (Å²) in [6.45, 7) is 1.88. The van der Waals surface area contributed by atoms with Crippen LogP contribution in [-0.4, -0.2) is 37.1 Å². The van der Waals surface area contributed by atoms with Gasteiger partial charge in [-0.05, 0) is 17.7 Å². The average Bonchev–Trinajstić information content (AvgIpc) is 2.27. The van der Waals surface area contributed by atoms with Gasteiger partial charge in [-0.3, -0.25) is 4.79 Å². The number of likely N-dealkylation sites (tertiary alicyclic amines) is 1. The first-order valence-corrected chi connectivity index (χ1v) is 5.35. The van der Waals surface area contributed by atoms with Crippen LogP contribution in [0, 0.1) is 0 Å². The van der Waals surface area contributed by atoms with E-state index in [4.69, 9.17) is 10.5 Å². The van der Waals surface area contributed by atoms with E-state index in [1.54, 1.807) is 12.0 Å². The quantitative estimate of drug-likeness (QED) is 0.812. The van der Waals surface area contributed by atoms with Crippen molar-refractivity contribution in [1.82, 2.24) is 4.90 Å². The number of hydrogen-bond donors (Lipinski definition) is 1. The first-order chi connectivity index (χ1) is 7.74. The fraction of sp³-hybridized carbons (Fsp3) is 0.417. The number of benzene rings is 1. The van der Waals surface area contributed by atoms with Crippen molar-refractivity contribution in [2.24, 2.45) is 5.73 Å². The predicted molar refractivity (Wildman–Crippen MR) is 61.0 cm³/mol. The van der Waals surface area contributed by atoms with E-state index in [9.17, 15) is 4.79 Å². The minimum Gasteiger partial charge on any atom is -0.378 e. The van der Waals surface area contributed by atoms with Crippen LogP contribution < -0.4 is 5.73 Å². The smallest absolute Gasteiger partial charge is 0.254 e. The van der Waals surface area contributed by atoms with Crippen molar-refractivity contribution in [1.29, 1.82) is 0 Å². The Bertz CT molecular complexity index is 369. The van der Waals surface area contributed by atoms with E-state index < -0.39 is 0 Å². The van der Waals surface area contributed by atoms with E-state index in [2.05, 4.69) is 0 Å². The zero-order chi connectivity index (χ0) is 11.5. The molecule has 0 spiro atoms. The molecule has 1 fully saturated rings. The maximum absolute atomic E-state index is 11.9. The van der Waals surface area contributed by atoms with Gasteiger partial charge in [-0.2, -0.15) is 0 Å². The molecule has 0 aliphatic carbocycles. The molecule has 0 bridgehead atoms. The van der Waals surface area contributed by atoms with Crippen molar-refractivity contribution in [3.63, 3.8) is 0 Å². The van der Waals surface area contributed by atoms with Crippen molar-refractivity contribution in [2.75, 3.05) is 20.2 Å². The monoisotopic (exact) mass is 220 g/mol. The third-order valence-electron chi connectivity index (χ3n) is 2.91. The molecule has 1 saturated heterocycles. The topological polar surface area (TPSA) is 55.6 Å². The summed E-state index contributed by atoms with van der Waals surface area (Å²) in [4.78, 5) is 13.7. The van der Waals surface area contributed by atoms with Gasteiger partial charge in [-0.15, -0.1) is 0 Å². The van der Waals surface area contributed by atoms with Crippen molar-refractivity contribution in [3.8, 4) is 0 Å². The van der Waals surface area contributed by atoms with Gasteiger partial charge >= 0.3 is 0 Å². The number of nitrogens with two attached hydrogens (primary N) is 1. The van der Waals surface area contributed by atoms with Crippen LogP contribution in [0.15, 0.2) is 24.3 Å². The number of ether oxygens (including phenoxy) is 1. The molecule has 1 aromatic carbocycles. The van der Waals surface area contributed by atoms with Gasteiger partial charge in [0, 0.05) is 32.3 Å². The van der Waals surface area contributed by atoms with Crippen molar-refractivity contribution in [3.05, 3.63) is 35.4 Å². The summed E-state index contributed by atoms with van der Waals surface area (Å²) in [5.41, 5.74) is 7.25. The molecule has 4 heteroatoms. The number of nitrogens with zero attached hydrogens (tertiary/aromatic N) is 1. The fourth-order valence-electron chi connectivity index (χ4n) is 1.72. The Balaban J connectivity index is 1.99. The molecule has 1 amide bonds. The van der Waals surface area contributed by atoms with E-state index in [0.717, 1.165) is 5.56 Å². The first kappa shape index (κ1) is 11.1. The van der Waals surface area contributed by atoms with E-state index >= 15 is 0 Å². The number of carbonyl (C=O) groups is 1. The lowest BCUT2D eigenvalue weighted by molar-refractivity contribution is -0.0191. The Morgan fingerprint density at radius 2 is 2.06 bits per heavy atom. The summed E-state index contributed by atoms with van der Waals surface area (Å²) in [6.07, 6.45) is 0.201. The molecule has 0 atom stereocenters. The van der Waals surface area contributed by atoms with Crippen LogP contribution in [-0.2, 0) is 11.3 Å². The third-order valence-corrected chi connectivity index (χ3v) is 2.91. The van der Waals surface area contributed by atoms with Crippen LogP contribution in [0.5, 0.6) is 0 Å². The molecule has 2 N–H and O–H groups in total. The second kappa shape index (κ2) is 4.63. The highest BCUT2D eigenvalue weighted by molar-refractivity contribution is 5.94. The van der Waals surface area contributed by atoms with E-state index in [0.29, 0.717) is 25.2 Å². The molecule has 2 rings (SSSR count). The molecule has 0 saturated carbocycles. The summed E-state index contributed by atoms with van der Waals surface area (Å²) < 4.78 is 5.13. The largest absolute Gasteiger partial charge is 0.378 e. The first-order valence-electron chi connectivity index (χ1n) is 5.35. The van der Waals surface area contributed by atoms with Gasteiger partial charge in [0.05, 0.1) is 6.10 Å². The summed E-state index contributed by atoms with van der Waals surface area (Å²) in [5.74, 6) is 0.0665. The molecular weight excluding hydrogens is 204 g/mol. The average molecular weight is 220 g/mol. The van der Waals surface area contributed by atoms with Crippen LogP contribution in [0.1, 0.15) is 15.9 Å². The molecule has 4 nitrogen and oxygen atoms in total. The second-order valence-electron chi connectivity index (χ2n) is 3.97. The highest BCUT2D eigenvalue weighted by atomic mass is 16.5. The standard InChI is InChI=1S/C12H16N2O2/c1-16-11-7-14(8-11)12(15)10-4-2-9(6-13)3-5-10/h2-5,11H,6-8,13H2,1H3. The Hall–Kier alpha value is -1.39. The van der Waals surface area contributed by atoms with Crippen molar-refractivity contribution in [2.45, 2.75) is 12.6 Å². The molecule has 0 aromatic heterocycles. The minimum absolute atomic E-state index is 0.0665. The molecule has 16 heavy (non-hydrogen) atoms. The zero-order valence-corrected chi connectivity index (χ0v) is 9.35. The summed E-state index contributed by atoms with van der Waals surface area (Å²) >= 11 is 0. The van der Waals surface area contributed by atoms with Gasteiger partial charge in [0.2, 0.25) is 0 Å². The van der Waals surface area contributed by atoms with Crippen LogP contribution in [0.3, 0.4) is 0 Å². The van der Waals surface area contributed by atoms with Crippen LogP contribution in [0.2, 0.25) is 0 Å². The normalized spacial score (nSPS) is 16.0. The van der Waals surface area contributed by atoms with Crippen LogP contribution in [0.4, 0.5) is 0 Å². The number of hydrogen-bond acceptors (Lipinski definition) is 3. The SMILES string of the molecule is COC1CN(C(=O)c2ccc(CN)cc2)C1. The number of amides is 1. The zero-order valence-electron chi connectivity index (χ0n) is 9.35. The molecular formula is C12H16N2O2. The van der Waals surface area contributed by atoms with Crippen molar-refractivity contribution < 1.29 is 9.53 Å². The predicted octanol–water partition coefficient (Wildman–Crippen LogP) is 0.616. The van der Waals surface area contributed by atoms with Gasteiger partial charge in [0.1, 0.15) is 0 Å². The van der Waals surface area contributed by atoms with Crippen LogP contribution in [0.25, 0.3) is 0 Å². The lowest BCUT2D eigenvalue weighted by atomic mass is 10.1. The fourth-order valence-corrected chi connectivity index (χ4v) is 1.72. The van der Waals surface area contributed by atoms with E-state index in [-0.39, 0.29) is 12.0 Å². The molecule has 1 aliphatic rings. The summed E-state index contributed by atoms with van der Waals surface area (Å²) in [5, 5.41) is 0. The van der Waals surface area contributed by atoms with E-state index in [1.807, 2.05) is 24.3 Å². The van der Waals surface area contributed by atoms with Crippen molar-refractivity contribution >= 4 is 5.91 Å². The number of carbonyl (C=O) groups excluding carboxylic acids is 1. The van der Waals surface area contributed by atoms with Gasteiger partial charge in [0.15, 0.2) is 0 Å².